The summed E-state index contributed by atoms with van der Waals surface area (Å²) in [4.78, 5) is 0. The summed E-state index contributed by atoms with van der Waals surface area (Å²) in [6.07, 6.45) is 7.20. The lowest BCUT2D eigenvalue weighted by Gasteiger charge is -2.09. The summed E-state index contributed by atoms with van der Waals surface area (Å²) in [6.45, 7) is 7.22. The Morgan fingerprint density at radius 2 is 1.86 bits per heavy atom. The van der Waals surface area contributed by atoms with E-state index in [1.807, 2.05) is 12.1 Å². The van der Waals surface area contributed by atoms with Gasteiger partial charge in [-0.1, -0.05) is 45.6 Å². The lowest BCUT2D eigenvalue weighted by atomic mass is 10.1. The van der Waals surface area contributed by atoms with E-state index in [0.717, 1.165) is 38.1 Å². The molecule has 0 saturated carbocycles. The monoisotopic (exact) mass is 295 g/mol. The van der Waals surface area contributed by atoms with E-state index in [4.69, 9.17) is 4.74 Å². The maximum Gasteiger partial charge on any atom is 0.128 e. The van der Waals surface area contributed by atoms with Crippen molar-refractivity contribution in [2.75, 3.05) is 13.2 Å². The Bertz CT molecular complexity index is 381. The maximum atomic E-state index is 13.7. The maximum absolute atomic E-state index is 13.7. The molecule has 1 aromatic rings. The highest BCUT2D eigenvalue weighted by atomic mass is 19.1. The van der Waals surface area contributed by atoms with Crippen LogP contribution in [0.25, 0.3) is 0 Å². The van der Waals surface area contributed by atoms with Crippen molar-refractivity contribution in [3.63, 3.8) is 0 Å². The second kappa shape index (κ2) is 11.7. The molecule has 0 saturated heterocycles. The minimum absolute atomic E-state index is 0.166. The first-order valence-electron chi connectivity index (χ1n) is 8.33. The molecule has 0 fully saturated rings. The molecule has 0 aliphatic carbocycles. The van der Waals surface area contributed by atoms with Crippen molar-refractivity contribution in [2.45, 2.75) is 65.5 Å². The number of benzene rings is 1. The van der Waals surface area contributed by atoms with E-state index < -0.39 is 0 Å². The normalized spacial score (nSPS) is 11.0. The molecular formula is C18H30FNO. The van der Waals surface area contributed by atoms with Gasteiger partial charge in [0.25, 0.3) is 0 Å². The predicted octanol–water partition coefficient (Wildman–Crippen LogP) is 4.81. The van der Waals surface area contributed by atoms with E-state index in [2.05, 4.69) is 19.2 Å². The zero-order chi connectivity index (χ0) is 15.3. The molecule has 0 spiro atoms. The SMILES string of the molecule is CCCCCCCOCc1cc(CNCCC)ccc1F. The number of ether oxygens (including phenoxy) is 1. The highest BCUT2D eigenvalue weighted by Gasteiger charge is 2.04. The summed E-state index contributed by atoms with van der Waals surface area (Å²) in [6, 6.07) is 5.30. The number of rotatable bonds is 12. The number of hydrogen-bond donors (Lipinski definition) is 1. The second-order valence-corrected chi connectivity index (χ2v) is 5.57. The van der Waals surface area contributed by atoms with Crippen LogP contribution in [0.4, 0.5) is 4.39 Å². The average molecular weight is 295 g/mol. The first kappa shape index (κ1) is 18.1. The molecule has 1 aromatic carbocycles. The van der Waals surface area contributed by atoms with E-state index in [-0.39, 0.29) is 5.82 Å². The summed E-state index contributed by atoms with van der Waals surface area (Å²) in [7, 11) is 0. The number of unbranched alkanes of at least 4 members (excludes halogenated alkanes) is 4. The van der Waals surface area contributed by atoms with Gasteiger partial charge in [-0.2, -0.15) is 0 Å². The largest absolute Gasteiger partial charge is 0.377 e. The van der Waals surface area contributed by atoms with Gasteiger partial charge >= 0.3 is 0 Å². The van der Waals surface area contributed by atoms with Crippen molar-refractivity contribution in [3.8, 4) is 0 Å². The second-order valence-electron chi connectivity index (χ2n) is 5.57. The smallest absolute Gasteiger partial charge is 0.128 e. The molecule has 0 aliphatic heterocycles. The fourth-order valence-electron chi connectivity index (χ4n) is 2.25. The molecule has 2 nitrogen and oxygen atoms in total. The summed E-state index contributed by atoms with van der Waals surface area (Å²) in [5.41, 5.74) is 1.78. The van der Waals surface area contributed by atoms with Crippen molar-refractivity contribution in [1.82, 2.24) is 5.32 Å². The quantitative estimate of drug-likeness (QED) is 0.559. The number of nitrogens with one attached hydrogen (secondary N) is 1. The Morgan fingerprint density at radius 3 is 2.62 bits per heavy atom. The van der Waals surface area contributed by atoms with Gasteiger partial charge in [0.2, 0.25) is 0 Å². The molecule has 21 heavy (non-hydrogen) atoms. The molecule has 3 heteroatoms. The first-order valence-corrected chi connectivity index (χ1v) is 8.33. The zero-order valence-corrected chi connectivity index (χ0v) is 13.6. The molecule has 0 bridgehead atoms. The van der Waals surface area contributed by atoms with Crippen molar-refractivity contribution < 1.29 is 9.13 Å². The average Bonchev–Trinajstić information content (AvgIpc) is 2.49. The van der Waals surface area contributed by atoms with Crippen LogP contribution >= 0.6 is 0 Å². The van der Waals surface area contributed by atoms with Crippen LogP contribution in [0.1, 0.15) is 63.5 Å². The van der Waals surface area contributed by atoms with Crippen LogP contribution in [0.5, 0.6) is 0 Å². The molecule has 120 valence electrons. The molecule has 1 rings (SSSR count). The molecule has 1 N–H and O–H groups in total. The van der Waals surface area contributed by atoms with Crippen LogP contribution in [-0.2, 0) is 17.9 Å². The lowest BCUT2D eigenvalue weighted by Crippen LogP contribution is -2.14. The highest BCUT2D eigenvalue weighted by Crippen LogP contribution is 2.12. The van der Waals surface area contributed by atoms with E-state index >= 15 is 0 Å². The van der Waals surface area contributed by atoms with E-state index in [0.29, 0.717) is 12.2 Å². The molecule has 0 heterocycles. The van der Waals surface area contributed by atoms with Crippen molar-refractivity contribution in [1.29, 1.82) is 0 Å². The van der Waals surface area contributed by atoms with Gasteiger partial charge in [-0.25, -0.2) is 4.39 Å². The van der Waals surface area contributed by atoms with Crippen LogP contribution in [-0.4, -0.2) is 13.2 Å². The van der Waals surface area contributed by atoms with Crippen LogP contribution in [0.2, 0.25) is 0 Å². The van der Waals surface area contributed by atoms with E-state index in [1.54, 1.807) is 6.07 Å². The van der Waals surface area contributed by atoms with Crippen LogP contribution < -0.4 is 5.32 Å². The van der Waals surface area contributed by atoms with E-state index in [1.165, 1.54) is 25.7 Å². The molecule has 0 unspecified atom stereocenters. The topological polar surface area (TPSA) is 21.3 Å². The van der Waals surface area contributed by atoms with Crippen molar-refractivity contribution in [2.24, 2.45) is 0 Å². The Labute approximate surface area is 129 Å². The summed E-state index contributed by atoms with van der Waals surface area (Å²) >= 11 is 0. The van der Waals surface area contributed by atoms with Gasteiger partial charge in [0.05, 0.1) is 6.61 Å². The van der Waals surface area contributed by atoms with E-state index in [9.17, 15) is 4.39 Å². The van der Waals surface area contributed by atoms with Crippen molar-refractivity contribution >= 4 is 0 Å². The first-order chi connectivity index (χ1) is 10.3. The Hall–Kier alpha value is -0.930. The molecule has 0 radical (unpaired) electrons. The highest BCUT2D eigenvalue weighted by molar-refractivity contribution is 5.24. The van der Waals surface area contributed by atoms with Crippen LogP contribution in [0.15, 0.2) is 18.2 Å². The third-order valence-corrected chi connectivity index (χ3v) is 3.52. The molecule has 0 amide bonds. The van der Waals surface area contributed by atoms with Crippen LogP contribution in [0, 0.1) is 5.82 Å². The van der Waals surface area contributed by atoms with Crippen molar-refractivity contribution in [3.05, 3.63) is 35.1 Å². The molecular weight excluding hydrogens is 265 g/mol. The van der Waals surface area contributed by atoms with Gasteiger partial charge in [0.15, 0.2) is 0 Å². The summed E-state index contributed by atoms with van der Waals surface area (Å²) < 4.78 is 19.3. The van der Waals surface area contributed by atoms with Gasteiger partial charge in [0.1, 0.15) is 5.82 Å². The Morgan fingerprint density at radius 1 is 1.05 bits per heavy atom. The summed E-state index contributed by atoms with van der Waals surface area (Å²) in [5, 5.41) is 3.33. The number of halogens is 1. The van der Waals surface area contributed by atoms with Gasteiger partial charge in [-0.05, 0) is 37.1 Å². The van der Waals surface area contributed by atoms with Crippen LogP contribution in [0.3, 0.4) is 0 Å². The minimum Gasteiger partial charge on any atom is -0.377 e. The third kappa shape index (κ3) is 8.18. The molecule has 0 aliphatic rings. The van der Waals surface area contributed by atoms with Gasteiger partial charge in [-0.3, -0.25) is 0 Å². The lowest BCUT2D eigenvalue weighted by molar-refractivity contribution is 0.114. The molecule has 0 aromatic heterocycles. The predicted molar refractivity (Wildman–Crippen MR) is 86.8 cm³/mol. The fraction of sp³-hybridized carbons (Fsp3) is 0.667. The Kier molecular flexibility index (Phi) is 10.1. The van der Waals surface area contributed by atoms with Gasteiger partial charge in [-0.15, -0.1) is 0 Å². The zero-order valence-electron chi connectivity index (χ0n) is 13.6. The minimum atomic E-state index is -0.166. The number of hydrogen-bond acceptors (Lipinski definition) is 2. The standard InChI is InChI=1S/C18H30FNO/c1-3-5-6-7-8-12-21-15-17-13-16(9-10-18(17)19)14-20-11-4-2/h9-10,13,20H,3-8,11-12,14-15H2,1-2H3. The Balaban J connectivity index is 2.27. The summed E-state index contributed by atoms with van der Waals surface area (Å²) in [5.74, 6) is -0.166. The fourth-order valence-corrected chi connectivity index (χ4v) is 2.25. The van der Waals surface area contributed by atoms with Gasteiger partial charge in [0, 0.05) is 18.7 Å². The third-order valence-electron chi connectivity index (χ3n) is 3.52. The molecule has 0 atom stereocenters. The van der Waals surface area contributed by atoms with Gasteiger partial charge < -0.3 is 10.1 Å².